The van der Waals surface area contributed by atoms with Crippen molar-refractivity contribution in [3.05, 3.63) is 29.3 Å². The van der Waals surface area contributed by atoms with Gasteiger partial charge in [0.25, 0.3) is 0 Å². The van der Waals surface area contributed by atoms with E-state index in [1.165, 1.54) is 11.1 Å². The fourth-order valence-electron chi connectivity index (χ4n) is 2.47. The molecule has 0 fully saturated rings. The number of ether oxygens (including phenoxy) is 1. The minimum absolute atomic E-state index is 0.163. The predicted octanol–water partition coefficient (Wildman–Crippen LogP) is 2.14. The highest BCUT2D eigenvalue weighted by Crippen LogP contribution is 2.32. The lowest BCUT2D eigenvalue weighted by atomic mass is 9.87. The molecule has 0 bridgehead atoms. The number of carbonyl (C=O) groups is 1. The zero-order valence-corrected chi connectivity index (χ0v) is 10.6. The Bertz CT molecular complexity index is 431. The summed E-state index contributed by atoms with van der Waals surface area (Å²) in [6.45, 7) is 0.511. The second kappa shape index (κ2) is 5.87. The van der Waals surface area contributed by atoms with Gasteiger partial charge in [0.05, 0.1) is 13.5 Å². The summed E-state index contributed by atoms with van der Waals surface area (Å²) in [5.74, 6) is 0.102. The van der Waals surface area contributed by atoms with Gasteiger partial charge in [-0.05, 0) is 42.5 Å². The van der Waals surface area contributed by atoms with Gasteiger partial charge in [-0.1, -0.05) is 6.07 Å². The minimum Gasteiger partial charge on any atom is -0.497 e. The van der Waals surface area contributed by atoms with E-state index in [0.717, 1.165) is 25.0 Å². The fourth-order valence-corrected chi connectivity index (χ4v) is 2.47. The second-order valence-corrected chi connectivity index (χ2v) is 4.61. The fraction of sp³-hybridized carbons (Fsp3) is 0.500. The van der Waals surface area contributed by atoms with E-state index in [9.17, 15) is 4.79 Å². The summed E-state index contributed by atoms with van der Waals surface area (Å²) < 4.78 is 5.25. The number of benzene rings is 1. The lowest BCUT2D eigenvalue weighted by Crippen LogP contribution is -2.27. The van der Waals surface area contributed by atoms with Crippen molar-refractivity contribution in [3.63, 3.8) is 0 Å². The highest BCUT2D eigenvalue weighted by molar-refractivity contribution is 5.66. The van der Waals surface area contributed by atoms with Gasteiger partial charge in [0.2, 0.25) is 0 Å². The Balaban J connectivity index is 2.08. The Morgan fingerprint density at radius 2 is 2.39 bits per heavy atom. The summed E-state index contributed by atoms with van der Waals surface area (Å²) in [6.07, 6.45) is 3.45. The van der Waals surface area contributed by atoms with Gasteiger partial charge >= 0.3 is 5.97 Å². The van der Waals surface area contributed by atoms with Crippen molar-refractivity contribution in [2.45, 2.75) is 31.7 Å². The highest BCUT2D eigenvalue weighted by Gasteiger charge is 2.20. The van der Waals surface area contributed by atoms with Crippen molar-refractivity contribution in [1.29, 1.82) is 0 Å². The summed E-state index contributed by atoms with van der Waals surface area (Å²) in [5, 5.41) is 12.0. The van der Waals surface area contributed by atoms with Crippen LogP contribution in [0.5, 0.6) is 5.75 Å². The summed E-state index contributed by atoms with van der Waals surface area (Å²) in [6, 6.07) is 6.41. The van der Waals surface area contributed by atoms with Gasteiger partial charge in [-0.25, -0.2) is 0 Å². The molecule has 1 unspecified atom stereocenters. The first-order chi connectivity index (χ1) is 8.70. The molecular formula is C14H19NO3. The topological polar surface area (TPSA) is 58.6 Å². The van der Waals surface area contributed by atoms with Gasteiger partial charge in [0.15, 0.2) is 0 Å². The van der Waals surface area contributed by atoms with Gasteiger partial charge in [0.1, 0.15) is 5.75 Å². The van der Waals surface area contributed by atoms with E-state index >= 15 is 0 Å². The molecule has 2 N–H and O–H groups in total. The number of hydrogen-bond donors (Lipinski definition) is 2. The third-order valence-electron chi connectivity index (χ3n) is 3.40. The molecule has 4 heteroatoms. The molecule has 1 aromatic rings. The molecule has 18 heavy (non-hydrogen) atoms. The third-order valence-corrected chi connectivity index (χ3v) is 3.40. The van der Waals surface area contributed by atoms with Gasteiger partial charge in [-0.3, -0.25) is 4.79 Å². The van der Waals surface area contributed by atoms with Crippen LogP contribution < -0.4 is 10.1 Å². The first-order valence-electron chi connectivity index (χ1n) is 6.32. The van der Waals surface area contributed by atoms with Crippen LogP contribution in [0.4, 0.5) is 0 Å². The molecule has 0 amide bonds. The second-order valence-electron chi connectivity index (χ2n) is 4.61. The first-order valence-corrected chi connectivity index (χ1v) is 6.32. The third kappa shape index (κ3) is 3.01. The van der Waals surface area contributed by atoms with Gasteiger partial charge in [-0.15, -0.1) is 0 Å². The van der Waals surface area contributed by atoms with Crippen LogP contribution in [0.25, 0.3) is 0 Å². The largest absolute Gasteiger partial charge is 0.497 e. The number of hydrogen-bond acceptors (Lipinski definition) is 3. The van der Waals surface area contributed by atoms with Crippen LogP contribution in [0, 0.1) is 0 Å². The predicted molar refractivity (Wildman–Crippen MR) is 68.9 cm³/mol. The quantitative estimate of drug-likeness (QED) is 0.839. The summed E-state index contributed by atoms with van der Waals surface area (Å²) in [5.41, 5.74) is 2.60. The van der Waals surface area contributed by atoms with Crippen molar-refractivity contribution < 1.29 is 14.6 Å². The maximum absolute atomic E-state index is 10.5. The zero-order chi connectivity index (χ0) is 13.0. The number of rotatable bonds is 5. The summed E-state index contributed by atoms with van der Waals surface area (Å²) in [4.78, 5) is 10.5. The number of fused-ring (bicyclic) bond motifs is 1. The molecular weight excluding hydrogens is 230 g/mol. The van der Waals surface area contributed by atoms with Crippen molar-refractivity contribution in [3.8, 4) is 5.75 Å². The molecule has 1 aromatic carbocycles. The molecule has 98 valence electrons. The zero-order valence-electron chi connectivity index (χ0n) is 10.6. The van der Waals surface area contributed by atoms with Crippen molar-refractivity contribution >= 4 is 5.97 Å². The van der Waals surface area contributed by atoms with Gasteiger partial charge in [-0.2, -0.15) is 0 Å². The molecule has 0 radical (unpaired) electrons. The Morgan fingerprint density at radius 3 is 3.11 bits per heavy atom. The van der Waals surface area contributed by atoms with E-state index in [1.807, 2.05) is 6.07 Å². The molecule has 1 aliphatic carbocycles. The lowest BCUT2D eigenvalue weighted by Gasteiger charge is -2.26. The first kappa shape index (κ1) is 12.9. The molecule has 2 rings (SSSR count). The van der Waals surface area contributed by atoms with E-state index in [4.69, 9.17) is 9.84 Å². The van der Waals surface area contributed by atoms with Crippen molar-refractivity contribution in [2.75, 3.05) is 13.7 Å². The lowest BCUT2D eigenvalue weighted by molar-refractivity contribution is -0.136. The highest BCUT2D eigenvalue weighted by atomic mass is 16.5. The monoisotopic (exact) mass is 249 g/mol. The Kier molecular flexibility index (Phi) is 4.20. The smallest absolute Gasteiger partial charge is 0.304 e. The normalized spacial score (nSPS) is 18.2. The molecule has 4 nitrogen and oxygen atoms in total. The van der Waals surface area contributed by atoms with Crippen LogP contribution in [0.3, 0.4) is 0 Å². The van der Waals surface area contributed by atoms with Crippen LogP contribution in [0.2, 0.25) is 0 Å². The van der Waals surface area contributed by atoms with E-state index in [0.29, 0.717) is 6.54 Å². The number of methoxy groups -OCH3 is 1. The average Bonchev–Trinajstić information content (AvgIpc) is 2.38. The number of carboxylic acid groups (broad SMARTS) is 1. The van der Waals surface area contributed by atoms with Crippen LogP contribution in [0.15, 0.2) is 18.2 Å². The number of aryl methyl sites for hydroxylation is 1. The summed E-state index contributed by atoms with van der Waals surface area (Å²) in [7, 11) is 1.66. The van der Waals surface area contributed by atoms with E-state index in [-0.39, 0.29) is 12.5 Å². The molecule has 0 spiro atoms. The van der Waals surface area contributed by atoms with Crippen LogP contribution in [-0.4, -0.2) is 24.7 Å². The van der Waals surface area contributed by atoms with Gasteiger partial charge < -0.3 is 15.2 Å². The minimum atomic E-state index is -0.760. The standard InChI is InChI=1S/C14H19NO3/c1-18-11-6-5-10-3-2-4-13(12(10)9-11)15-8-7-14(16)17/h5-6,9,13,15H,2-4,7-8H2,1H3,(H,16,17). The molecule has 1 atom stereocenters. The molecule has 1 aliphatic rings. The maximum atomic E-state index is 10.5. The van der Waals surface area contributed by atoms with E-state index < -0.39 is 5.97 Å². The van der Waals surface area contributed by atoms with Gasteiger partial charge in [0, 0.05) is 12.6 Å². The van der Waals surface area contributed by atoms with E-state index in [2.05, 4.69) is 17.4 Å². The molecule has 0 aliphatic heterocycles. The number of carboxylic acids is 1. The molecule has 0 aromatic heterocycles. The number of nitrogens with one attached hydrogen (secondary N) is 1. The van der Waals surface area contributed by atoms with Crippen molar-refractivity contribution in [1.82, 2.24) is 5.32 Å². The Hall–Kier alpha value is -1.55. The molecule has 0 saturated heterocycles. The maximum Gasteiger partial charge on any atom is 0.304 e. The Labute approximate surface area is 107 Å². The average molecular weight is 249 g/mol. The molecule has 0 saturated carbocycles. The summed E-state index contributed by atoms with van der Waals surface area (Å²) >= 11 is 0. The Morgan fingerprint density at radius 1 is 1.56 bits per heavy atom. The van der Waals surface area contributed by atoms with E-state index in [1.54, 1.807) is 7.11 Å². The van der Waals surface area contributed by atoms with Crippen LogP contribution >= 0.6 is 0 Å². The van der Waals surface area contributed by atoms with Crippen molar-refractivity contribution in [2.24, 2.45) is 0 Å². The van der Waals surface area contributed by atoms with Crippen LogP contribution in [-0.2, 0) is 11.2 Å². The van der Waals surface area contributed by atoms with Crippen LogP contribution in [0.1, 0.15) is 36.4 Å². The molecule has 0 heterocycles. The SMILES string of the molecule is COc1ccc2c(c1)C(NCCC(=O)O)CCC2. The number of aliphatic carboxylic acids is 1.